The van der Waals surface area contributed by atoms with Crippen LogP contribution in [0.25, 0.3) is 21.9 Å². The Morgan fingerprint density at radius 3 is 2.62 bits per heavy atom. The molecule has 0 fully saturated rings. The number of nitrogens with zero attached hydrogens (tertiary/aromatic N) is 3. The van der Waals surface area contributed by atoms with Gasteiger partial charge in [-0.2, -0.15) is 0 Å². The van der Waals surface area contributed by atoms with E-state index in [9.17, 15) is 9.90 Å². The molecule has 0 aliphatic rings. The van der Waals surface area contributed by atoms with Gasteiger partial charge in [-0.1, -0.05) is 20.8 Å². The Labute approximate surface area is 151 Å². The predicted octanol–water partition coefficient (Wildman–Crippen LogP) is 2.63. The molecule has 7 heteroatoms. The molecule has 0 spiro atoms. The fourth-order valence-corrected chi connectivity index (χ4v) is 3.17. The Hall–Kier alpha value is -2.67. The molecule has 26 heavy (non-hydrogen) atoms. The second-order valence-corrected chi connectivity index (χ2v) is 7.56. The molecule has 1 unspecified atom stereocenters. The SMILES string of the molecule is COC(=O)c1ccc2c(c1)nc(N)c1nc(C(C)(C)C)n(CC(C)O)c12. The molecule has 1 aromatic carbocycles. The monoisotopic (exact) mass is 356 g/mol. The van der Waals surface area contributed by atoms with Crippen molar-refractivity contribution < 1.29 is 14.6 Å². The smallest absolute Gasteiger partial charge is 0.337 e. The number of aliphatic hydroxyl groups excluding tert-OH is 1. The third kappa shape index (κ3) is 2.99. The van der Waals surface area contributed by atoms with Crippen LogP contribution in [0.15, 0.2) is 18.2 Å². The summed E-state index contributed by atoms with van der Waals surface area (Å²) >= 11 is 0. The lowest BCUT2D eigenvalue weighted by Gasteiger charge is -2.21. The molecule has 3 aromatic rings. The summed E-state index contributed by atoms with van der Waals surface area (Å²) in [6.45, 7) is 8.32. The number of carbonyl (C=O) groups is 1. The molecule has 0 saturated carbocycles. The van der Waals surface area contributed by atoms with E-state index in [-0.39, 0.29) is 5.41 Å². The first-order valence-corrected chi connectivity index (χ1v) is 8.49. The van der Waals surface area contributed by atoms with Gasteiger partial charge in [0.15, 0.2) is 5.82 Å². The van der Waals surface area contributed by atoms with Gasteiger partial charge in [-0.25, -0.2) is 14.8 Å². The molecule has 0 radical (unpaired) electrons. The van der Waals surface area contributed by atoms with E-state index in [0.29, 0.717) is 29.0 Å². The highest BCUT2D eigenvalue weighted by Crippen LogP contribution is 2.33. The minimum atomic E-state index is -0.549. The second kappa shape index (κ2) is 6.25. The third-order valence-electron chi connectivity index (χ3n) is 4.24. The van der Waals surface area contributed by atoms with E-state index in [1.165, 1.54) is 7.11 Å². The van der Waals surface area contributed by atoms with Crippen LogP contribution < -0.4 is 5.73 Å². The van der Waals surface area contributed by atoms with Crippen LogP contribution in [0.2, 0.25) is 0 Å². The van der Waals surface area contributed by atoms with Gasteiger partial charge < -0.3 is 20.1 Å². The van der Waals surface area contributed by atoms with Crippen molar-refractivity contribution in [3.8, 4) is 0 Å². The number of benzene rings is 1. The van der Waals surface area contributed by atoms with Crippen LogP contribution in [0.4, 0.5) is 5.82 Å². The van der Waals surface area contributed by atoms with Gasteiger partial charge in [0.05, 0.1) is 36.4 Å². The van der Waals surface area contributed by atoms with Crippen molar-refractivity contribution in [3.05, 3.63) is 29.6 Å². The summed E-state index contributed by atoms with van der Waals surface area (Å²) < 4.78 is 6.78. The molecule has 0 amide bonds. The number of pyridine rings is 1. The summed E-state index contributed by atoms with van der Waals surface area (Å²) in [7, 11) is 1.34. The normalized spacial score (nSPS) is 13.3. The summed E-state index contributed by atoms with van der Waals surface area (Å²) in [6.07, 6.45) is -0.549. The number of ether oxygens (including phenoxy) is 1. The number of imidazole rings is 1. The number of anilines is 1. The van der Waals surface area contributed by atoms with Gasteiger partial charge >= 0.3 is 5.97 Å². The number of carbonyl (C=O) groups excluding carboxylic acids is 1. The van der Waals surface area contributed by atoms with E-state index >= 15 is 0 Å². The number of rotatable bonds is 3. The number of nitrogens with two attached hydrogens (primary N) is 1. The maximum atomic E-state index is 11.8. The van der Waals surface area contributed by atoms with Gasteiger partial charge in [0.2, 0.25) is 0 Å². The molecule has 2 aromatic heterocycles. The Kier molecular flexibility index (Phi) is 4.36. The van der Waals surface area contributed by atoms with Gasteiger partial charge in [-0.05, 0) is 25.1 Å². The molecule has 3 N–H and O–H groups in total. The fraction of sp³-hybridized carbons (Fsp3) is 0.421. The number of nitrogen functional groups attached to an aromatic ring is 1. The molecule has 0 saturated heterocycles. The molecule has 3 rings (SSSR count). The van der Waals surface area contributed by atoms with Crippen molar-refractivity contribution in [2.24, 2.45) is 0 Å². The summed E-state index contributed by atoms with van der Waals surface area (Å²) in [4.78, 5) is 21.0. The zero-order valence-corrected chi connectivity index (χ0v) is 15.7. The zero-order valence-electron chi connectivity index (χ0n) is 15.7. The first-order valence-electron chi connectivity index (χ1n) is 8.49. The maximum absolute atomic E-state index is 11.8. The fourth-order valence-electron chi connectivity index (χ4n) is 3.17. The molecule has 0 bridgehead atoms. The van der Waals surface area contributed by atoms with E-state index < -0.39 is 12.1 Å². The third-order valence-corrected chi connectivity index (χ3v) is 4.24. The van der Waals surface area contributed by atoms with Crippen LogP contribution >= 0.6 is 0 Å². The van der Waals surface area contributed by atoms with Gasteiger partial charge in [0.1, 0.15) is 11.3 Å². The number of hydrogen-bond acceptors (Lipinski definition) is 6. The topological polar surface area (TPSA) is 103 Å². The largest absolute Gasteiger partial charge is 0.465 e. The van der Waals surface area contributed by atoms with E-state index in [4.69, 9.17) is 15.5 Å². The van der Waals surface area contributed by atoms with E-state index in [1.807, 2.05) is 10.6 Å². The highest BCUT2D eigenvalue weighted by Gasteiger charge is 2.26. The van der Waals surface area contributed by atoms with E-state index in [0.717, 1.165) is 16.7 Å². The van der Waals surface area contributed by atoms with Gasteiger partial charge in [0.25, 0.3) is 0 Å². The quantitative estimate of drug-likeness (QED) is 0.699. The van der Waals surface area contributed by atoms with Crippen molar-refractivity contribution in [2.75, 3.05) is 12.8 Å². The minimum Gasteiger partial charge on any atom is -0.465 e. The van der Waals surface area contributed by atoms with Crippen LogP contribution in [0.3, 0.4) is 0 Å². The number of fused-ring (bicyclic) bond motifs is 3. The van der Waals surface area contributed by atoms with E-state index in [1.54, 1.807) is 19.1 Å². The Morgan fingerprint density at radius 2 is 2.04 bits per heavy atom. The highest BCUT2D eigenvalue weighted by atomic mass is 16.5. The van der Waals surface area contributed by atoms with Crippen molar-refractivity contribution in [1.29, 1.82) is 0 Å². The average Bonchev–Trinajstić information content (AvgIpc) is 2.93. The maximum Gasteiger partial charge on any atom is 0.337 e. The Morgan fingerprint density at radius 1 is 1.35 bits per heavy atom. The first kappa shape index (κ1) is 18.1. The van der Waals surface area contributed by atoms with Crippen molar-refractivity contribution in [1.82, 2.24) is 14.5 Å². The number of aliphatic hydroxyl groups is 1. The summed E-state index contributed by atoms with van der Waals surface area (Å²) in [5.74, 6) is 0.691. The first-order chi connectivity index (χ1) is 12.1. The Balaban J connectivity index is 2.40. The number of aromatic nitrogens is 3. The van der Waals surface area contributed by atoms with Crippen LogP contribution in [-0.2, 0) is 16.7 Å². The predicted molar refractivity (Wildman–Crippen MR) is 101 cm³/mol. The molecule has 1 atom stereocenters. The Bertz CT molecular complexity index is 1000. The zero-order chi connectivity index (χ0) is 19.2. The van der Waals surface area contributed by atoms with Crippen LogP contribution in [0.5, 0.6) is 0 Å². The number of hydrogen-bond donors (Lipinski definition) is 2. The van der Waals surface area contributed by atoms with Gasteiger partial charge in [-0.3, -0.25) is 0 Å². The van der Waals surface area contributed by atoms with E-state index in [2.05, 4.69) is 25.8 Å². The highest BCUT2D eigenvalue weighted by molar-refractivity contribution is 6.08. The molecule has 0 aliphatic carbocycles. The van der Waals surface area contributed by atoms with Gasteiger partial charge in [0, 0.05) is 10.8 Å². The van der Waals surface area contributed by atoms with Gasteiger partial charge in [-0.15, -0.1) is 0 Å². The summed E-state index contributed by atoms with van der Waals surface area (Å²) in [5.41, 5.74) is 8.35. The lowest BCUT2D eigenvalue weighted by Crippen LogP contribution is -2.22. The molecular formula is C19H24N4O3. The minimum absolute atomic E-state index is 0.237. The summed E-state index contributed by atoms with van der Waals surface area (Å²) in [5, 5.41) is 10.8. The van der Waals surface area contributed by atoms with Crippen molar-refractivity contribution >= 4 is 33.7 Å². The van der Waals surface area contributed by atoms with Crippen LogP contribution in [-0.4, -0.2) is 38.8 Å². The van der Waals surface area contributed by atoms with Crippen LogP contribution in [0.1, 0.15) is 43.9 Å². The molecule has 2 heterocycles. The molecule has 0 aliphatic heterocycles. The standard InChI is InChI=1S/C19H24N4O3/c1-10(24)9-23-15-12-7-6-11(17(25)26-5)8-13(12)21-16(20)14(15)22-18(23)19(2,3)4/h6-8,10,24H,9H2,1-5H3,(H2,20,21). The lowest BCUT2D eigenvalue weighted by molar-refractivity contribution is 0.0601. The number of esters is 1. The average molecular weight is 356 g/mol. The molecule has 138 valence electrons. The summed E-state index contributed by atoms with van der Waals surface area (Å²) in [6, 6.07) is 5.18. The van der Waals surface area contributed by atoms with Crippen molar-refractivity contribution in [3.63, 3.8) is 0 Å². The lowest BCUT2D eigenvalue weighted by atomic mass is 9.95. The molecular weight excluding hydrogens is 332 g/mol. The number of methoxy groups -OCH3 is 1. The van der Waals surface area contributed by atoms with Crippen molar-refractivity contribution in [2.45, 2.75) is 45.8 Å². The second-order valence-electron chi connectivity index (χ2n) is 7.56. The van der Waals surface area contributed by atoms with Crippen LogP contribution in [0, 0.1) is 0 Å². The molecule has 7 nitrogen and oxygen atoms in total.